The molecule has 1 radical (unpaired) electrons. The van der Waals surface area contributed by atoms with Gasteiger partial charge < -0.3 is 14.4 Å². The van der Waals surface area contributed by atoms with Crippen LogP contribution >= 0.6 is 0 Å². The quantitative estimate of drug-likeness (QED) is 0.162. The van der Waals surface area contributed by atoms with E-state index in [-0.39, 0.29) is 92.2 Å². The Kier molecular flexibility index (Phi) is 5.91. The van der Waals surface area contributed by atoms with Crippen LogP contribution in [-0.2, 0) is 26.5 Å². The number of benzene rings is 5. The zero-order chi connectivity index (χ0) is 53.4. The molecule has 0 saturated heterocycles. The molecule has 0 amide bonds. The number of para-hydroxylation sites is 1. The van der Waals surface area contributed by atoms with Crippen molar-refractivity contribution in [1.29, 1.82) is 0 Å². The first-order valence-corrected chi connectivity index (χ1v) is 16.2. The van der Waals surface area contributed by atoms with Gasteiger partial charge in [-0.3, -0.25) is 0 Å². The molecule has 267 valence electrons. The van der Waals surface area contributed by atoms with E-state index in [0.29, 0.717) is 16.8 Å². The van der Waals surface area contributed by atoms with E-state index in [1.807, 2.05) is 30.3 Å². The van der Waals surface area contributed by atoms with Gasteiger partial charge in [-0.2, -0.15) is 0 Å². The van der Waals surface area contributed by atoms with Gasteiger partial charge >= 0.3 is 0 Å². The molecular formula is C49H44IrN2O-2. The van der Waals surface area contributed by atoms with Crippen molar-refractivity contribution in [3.8, 4) is 44.8 Å². The van der Waals surface area contributed by atoms with E-state index < -0.39 is 75.4 Å². The van der Waals surface area contributed by atoms with Crippen LogP contribution in [0.2, 0.25) is 0 Å². The summed E-state index contributed by atoms with van der Waals surface area (Å²) in [5.41, 5.74) is 0.984. The zero-order valence-corrected chi connectivity index (χ0v) is 31.2. The third-order valence-electron chi connectivity index (χ3n) is 8.00. The number of furan rings is 1. The van der Waals surface area contributed by atoms with Gasteiger partial charge in [0.15, 0.2) is 0 Å². The molecule has 3 aromatic heterocycles. The fourth-order valence-electron chi connectivity index (χ4n) is 5.66. The molecule has 0 spiro atoms. The minimum absolute atomic E-state index is 0. The minimum Gasteiger partial charge on any atom is -0.501 e. The van der Waals surface area contributed by atoms with Crippen LogP contribution in [0.4, 0.5) is 0 Å². The summed E-state index contributed by atoms with van der Waals surface area (Å²) < 4.78 is 168. The smallest absolute Gasteiger partial charge is 0.120 e. The first-order chi connectivity index (χ1) is 33.1. The molecule has 0 aliphatic heterocycles. The maximum Gasteiger partial charge on any atom is 0.120 e. The third-order valence-corrected chi connectivity index (χ3v) is 8.00. The standard InChI is InChI=1S/C30H28NO.C19H16N.Ir/c1-19-15-21(17-30(3,4)5)13-14-22(19)26-16-27(31-18-20(26)2)25-11-8-10-24-23-9-6-7-12-28(23)32-29(24)25;1-14-8-11-19(20-13-14)17-10-9-15(2)18(12-17)16-6-4-3-5-7-16;/h6-10,12-16,18H,17H2,1-5H3;3-9,11-13H,1-2H3;/q2*-1;/i1D3,2D3,6D,7D,8D,9D,10D,12D,17D2;1D3,2D3;. The van der Waals surface area contributed by atoms with Crippen molar-refractivity contribution in [3.63, 3.8) is 0 Å². The summed E-state index contributed by atoms with van der Waals surface area (Å²) in [6, 6.07) is 23.6. The first kappa shape index (κ1) is 19.8. The summed E-state index contributed by atoms with van der Waals surface area (Å²) in [4.78, 5) is 8.50. The van der Waals surface area contributed by atoms with Crippen LogP contribution in [0.3, 0.4) is 0 Å². The van der Waals surface area contributed by atoms with Gasteiger partial charge in [-0.15, -0.1) is 47.5 Å². The summed E-state index contributed by atoms with van der Waals surface area (Å²) in [6.07, 6.45) is 0.410. The van der Waals surface area contributed by atoms with Crippen LogP contribution in [-0.4, -0.2) is 9.97 Å². The Balaban J connectivity index is 0.000000273. The molecule has 4 heteroatoms. The Hall–Kier alpha value is -5.15. The van der Waals surface area contributed by atoms with Crippen molar-refractivity contribution in [1.82, 2.24) is 9.97 Å². The van der Waals surface area contributed by atoms with Crippen molar-refractivity contribution in [3.05, 3.63) is 167 Å². The van der Waals surface area contributed by atoms with Gasteiger partial charge in [0.25, 0.3) is 0 Å². The third kappa shape index (κ3) is 8.41. The fourth-order valence-corrected chi connectivity index (χ4v) is 5.66. The predicted octanol–water partition coefficient (Wildman–Crippen LogP) is 13.2. The van der Waals surface area contributed by atoms with Gasteiger partial charge in [-0.1, -0.05) is 129 Å². The number of fused-ring (bicyclic) bond motifs is 3. The van der Waals surface area contributed by atoms with Crippen LogP contribution in [0.5, 0.6) is 0 Å². The molecule has 8 rings (SSSR count). The van der Waals surface area contributed by atoms with E-state index >= 15 is 0 Å². The van der Waals surface area contributed by atoms with Gasteiger partial charge in [-0.05, 0) is 90.1 Å². The Bertz CT molecular complexity index is 3370. The van der Waals surface area contributed by atoms with Crippen LogP contribution in [0, 0.1) is 45.0 Å². The molecule has 0 N–H and O–H groups in total. The molecule has 3 heterocycles. The molecule has 0 bridgehead atoms. The largest absolute Gasteiger partial charge is 0.501 e. The summed E-state index contributed by atoms with van der Waals surface area (Å²) >= 11 is 0. The summed E-state index contributed by atoms with van der Waals surface area (Å²) in [6.45, 7) is -4.99. The van der Waals surface area contributed by atoms with Crippen molar-refractivity contribution < 1.29 is 51.9 Å². The average molecular weight is 889 g/mol. The number of hydrogen-bond acceptors (Lipinski definition) is 3. The number of rotatable bonds is 5. The number of pyridine rings is 2. The Morgan fingerprint density at radius 3 is 2.30 bits per heavy atom. The van der Waals surface area contributed by atoms with Crippen molar-refractivity contribution in [2.24, 2.45) is 5.41 Å². The molecule has 0 unspecified atom stereocenters. The number of nitrogens with zero attached hydrogens (tertiary/aromatic N) is 2. The predicted molar refractivity (Wildman–Crippen MR) is 217 cm³/mol. The molecule has 0 atom stereocenters. The SMILES string of the molecule is [2H]C([2H])([2H])c1ccc(-c2[c-]cc(C([2H])([2H])[2H])c(-c3ccccc3)c2)nc1.[2H]c1[c-]c(-c2cc(-c3ccc(C([2H])([2H])C(C)(C)C)cc3C([2H])([2H])[2H])c(C([2H])([2H])[2H])cn2)c2oc3c([2H])c([2H])c([2H])c([2H])c3c2c1[2H].[Ir]. The maximum atomic E-state index is 8.68. The molecule has 3 nitrogen and oxygen atoms in total. The molecule has 8 aromatic rings. The van der Waals surface area contributed by atoms with Gasteiger partial charge in [0.1, 0.15) is 5.58 Å². The Labute approximate surface area is 355 Å². The van der Waals surface area contributed by atoms with Crippen LogP contribution in [0.25, 0.3) is 66.7 Å². The second-order valence-electron chi connectivity index (χ2n) is 13.0. The van der Waals surface area contributed by atoms with E-state index in [4.69, 9.17) is 31.8 Å². The van der Waals surface area contributed by atoms with Gasteiger partial charge in [0, 0.05) is 58.4 Å². The molecule has 0 saturated carbocycles. The van der Waals surface area contributed by atoms with Gasteiger partial charge in [0.2, 0.25) is 0 Å². The Morgan fingerprint density at radius 2 is 1.55 bits per heavy atom. The first-order valence-electron chi connectivity index (χ1n) is 26.2. The number of aryl methyl sites for hydroxylation is 4. The van der Waals surface area contributed by atoms with E-state index in [9.17, 15) is 0 Å². The normalized spacial score (nSPS) is 17.9. The Morgan fingerprint density at radius 1 is 0.736 bits per heavy atom. The van der Waals surface area contributed by atoms with E-state index in [0.717, 1.165) is 11.8 Å². The van der Waals surface area contributed by atoms with Crippen LogP contribution in [0.1, 0.15) is 76.0 Å². The molecule has 5 aromatic carbocycles. The zero-order valence-electron chi connectivity index (χ0n) is 48.8. The fraction of sp³-hybridized carbons (Fsp3) is 0.184. The van der Waals surface area contributed by atoms with Crippen molar-refractivity contribution in [2.75, 3.05) is 0 Å². The number of hydrogen-bond donors (Lipinski definition) is 0. The van der Waals surface area contributed by atoms with Gasteiger partial charge in [0.05, 0.1) is 11.1 Å². The summed E-state index contributed by atoms with van der Waals surface area (Å²) in [5, 5.41) is -0.191. The van der Waals surface area contributed by atoms with Gasteiger partial charge in [-0.25, -0.2) is 0 Å². The monoisotopic (exact) mass is 889 g/mol. The van der Waals surface area contributed by atoms with E-state index in [1.165, 1.54) is 42.6 Å². The topological polar surface area (TPSA) is 38.9 Å². The molecule has 0 fully saturated rings. The van der Waals surface area contributed by atoms with Crippen molar-refractivity contribution >= 4 is 21.9 Å². The maximum absolute atomic E-state index is 8.68. The van der Waals surface area contributed by atoms with Crippen LogP contribution in [0.15, 0.2) is 132 Å². The van der Waals surface area contributed by atoms with E-state index in [2.05, 4.69) is 22.1 Å². The second kappa shape index (κ2) is 15.8. The van der Waals surface area contributed by atoms with Crippen LogP contribution < -0.4 is 0 Å². The number of aromatic nitrogens is 2. The molecule has 0 aliphatic carbocycles. The molecule has 53 heavy (non-hydrogen) atoms. The van der Waals surface area contributed by atoms with E-state index in [1.54, 1.807) is 32.9 Å². The average Bonchev–Trinajstić information content (AvgIpc) is 3.71. The molecule has 0 aliphatic rings. The second-order valence-corrected chi connectivity index (χ2v) is 13.0. The molecular weight excluding hydrogens is 825 g/mol. The minimum atomic E-state index is -2.79. The summed E-state index contributed by atoms with van der Waals surface area (Å²) in [5.74, 6) is 0. The van der Waals surface area contributed by atoms with Crippen molar-refractivity contribution in [2.45, 2.75) is 54.6 Å². The summed E-state index contributed by atoms with van der Waals surface area (Å²) in [7, 11) is 0.